The summed E-state index contributed by atoms with van der Waals surface area (Å²) in [4.78, 5) is 0.114. The first kappa shape index (κ1) is 19.5. The van der Waals surface area contributed by atoms with Crippen molar-refractivity contribution in [2.45, 2.75) is 42.4 Å². The van der Waals surface area contributed by atoms with Crippen molar-refractivity contribution >= 4 is 21.6 Å². The fraction of sp³-hybridized carbons (Fsp3) is 0.389. The number of aromatic amines is 1. The molecule has 2 bridgehead atoms. The highest BCUT2D eigenvalue weighted by Crippen LogP contribution is 2.47. The van der Waals surface area contributed by atoms with Gasteiger partial charge in [0.15, 0.2) is 0 Å². The largest absolute Gasteiger partial charge is 0.409 e. The van der Waals surface area contributed by atoms with Gasteiger partial charge in [0.25, 0.3) is 0 Å². The summed E-state index contributed by atoms with van der Waals surface area (Å²) in [6.07, 6.45) is -0.463. The van der Waals surface area contributed by atoms with Crippen molar-refractivity contribution in [3.05, 3.63) is 58.9 Å². The molecule has 2 aliphatic heterocycles. The van der Waals surface area contributed by atoms with Crippen LogP contribution < -0.4 is 0 Å². The molecule has 4 rings (SSSR count). The first-order valence-electron chi connectivity index (χ1n) is 8.72. The summed E-state index contributed by atoms with van der Waals surface area (Å²) in [6, 6.07) is 4.89. The van der Waals surface area contributed by atoms with Crippen LogP contribution in [0.2, 0.25) is 5.02 Å². The van der Waals surface area contributed by atoms with E-state index >= 15 is 0 Å². The number of halogens is 4. The third kappa shape index (κ3) is 3.58. The fourth-order valence-corrected chi connectivity index (χ4v) is 6.07. The number of hydrogen-bond donors (Lipinski definition) is 1. The summed E-state index contributed by atoms with van der Waals surface area (Å²) in [5.41, 5.74) is 1.56. The summed E-state index contributed by atoms with van der Waals surface area (Å²) >= 11 is 5.87. The lowest BCUT2D eigenvalue weighted by Crippen LogP contribution is -2.51. The minimum Gasteiger partial charge on any atom is -0.282 e. The predicted octanol–water partition coefficient (Wildman–Crippen LogP) is 4.25. The van der Waals surface area contributed by atoms with Crippen LogP contribution in [-0.2, 0) is 16.4 Å². The molecule has 0 aliphatic carbocycles. The van der Waals surface area contributed by atoms with E-state index in [1.165, 1.54) is 28.6 Å². The molecule has 1 aromatic heterocycles. The number of alkyl halides is 3. The van der Waals surface area contributed by atoms with Crippen LogP contribution in [0.4, 0.5) is 13.2 Å². The second-order valence-electron chi connectivity index (χ2n) is 7.10. The Kier molecular flexibility index (Phi) is 4.79. The molecule has 0 amide bonds. The van der Waals surface area contributed by atoms with Gasteiger partial charge in [-0.15, -0.1) is 0 Å². The Hall–Kier alpha value is -1.84. The number of allylic oxidation sites excluding steroid dienone is 2. The second kappa shape index (κ2) is 6.89. The van der Waals surface area contributed by atoms with Crippen molar-refractivity contribution in [1.29, 1.82) is 0 Å². The van der Waals surface area contributed by atoms with Gasteiger partial charge in [-0.2, -0.15) is 22.6 Å². The SMILES string of the molecule is O=S(=O)(c1ccc(Cl)cc1)N1C2Cc3[nH]ncc3C1CC(/C=C/C(F)(F)F)C2. The predicted molar refractivity (Wildman–Crippen MR) is 97.2 cm³/mol. The van der Waals surface area contributed by atoms with E-state index in [4.69, 9.17) is 11.6 Å². The standard InChI is InChI=1S/C18H17ClF3N3O2S/c19-12-1-3-14(4-2-12)28(26,27)25-13-7-11(5-6-18(20,21)22)8-17(25)15-10-23-24-16(15)9-13/h1-6,10-11,13,17H,7-9H2,(H,23,24)/b6-5+. The molecule has 5 nitrogen and oxygen atoms in total. The number of aromatic nitrogens is 2. The van der Waals surface area contributed by atoms with Crippen molar-refractivity contribution in [3.63, 3.8) is 0 Å². The zero-order chi connectivity index (χ0) is 20.1. The van der Waals surface area contributed by atoms with Crippen LogP contribution in [0.5, 0.6) is 0 Å². The number of rotatable bonds is 3. The molecule has 3 unspecified atom stereocenters. The van der Waals surface area contributed by atoms with E-state index in [-0.39, 0.29) is 23.3 Å². The molecule has 1 saturated heterocycles. The van der Waals surface area contributed by atoms with Crippen LogP contribution in [0.15, 0.2) is 47.5 Å². The molecule has 1 fully saturated rings. The lowest BCUT2D eigenvalue weighted by molar-refractivity contribution is -0.0804. The maximum atomic E-state index is 13.3. The summed E-state index contributed by atoms with van der Waals surface area (Å²) in [5.74, 6) is -0.364. The van der Waals surface area contributed by atoms with E-state index in [2.05, 4.69) is 10.2 Å². The minimum atomic E-state index is -4.39. The number of fused-ring (bicyclic) bond motifs is 4. The molecule has 1 aromatic carbocycles. The fourth-order valence-electron chi connectivity index (χ4n) is 4.13. The number of nitrogens with one attached hydrogen (secondary N) is 1. The van der Waals surface area contributed by atoms with Crippen LogP contribution in [-0.4, -0.2) is 35.1 Å². The third-order valence-electron chi connectivity index (χ3n) is 5.26. The highest BCUT2D eigenvalue weighted by atomic mass is 35.5. The van der Waals surface area contributed by atoms with Gasteiger partial charge < -0.3 is 0 Å². The average Bonchev–Trinajstić information content (AvgIpc) is 3.07. The molecular weight excluding hydrogens is 415 g/mol. The molecule has 2 aromatic rings. The van der Waals surface area contributed by atoms with Gasteiger partial charge in [0.1, 0.15) is 0 Å². The van der Waals surface area contributed by atoms with Crippen LogP contribution >= 0.6 is 11.6 Å². The van der Waals surface area contributed by atoms with Crippen molar-refractivity contribution < 1.29 is 21.6 Å². The van der Waals surface area contributed by atoms with Gasteiger partial charge in [-0.25, -0.2) is 8.42 Å². The molecule has 0 spiro atoms. The lowest BCUT2D eigenvalue weighted by Gasteiger charge is -2.46. The summed E-state index contributed by atoms with van der Waals surface area (Å²) in [5, 5.41) is 7.33. The van der Waals surface area contributed by atoms with Gasteiger partial charge in [0, 0.05) is 34.8 Å². The Morgan fingerprint density at radius 2 is 1.93 bits per heavy atom. The molecule has 0 saturated carbocycles. The third-order valence-corrected chi connectivity index (χ3v) is 7.49. The monoisotopic (exact) mass is 431 g/mol. The number of piperidine rings is 1. The topological polar surface area (TPSA) is 66.1 Å². The summed E-state index contributed by atoms with van der Waals surface area (Å²) < 4.78 is 65.9. The second-order valence-corrected chi connectivity index (χ2v) is 9.38. The van der Waals surface area contributed by atoms with Crippen LogP contribution in [0, 0.1) is 5.92 Å². The number of nitrogens with zero attached hydrogens (tertiary/aromatic N) is 2. The smallest absolute Gasteiger partial charge is 0.282 e. The van der Waals surface area contributed by atoms with Gasteiger partial charge in [0.2, 0.25) is 10.0 Å². The van der Waals surface area contributed by atoms with E-state index in [1.54, 1.807) is 6.20 Å². The van der Waals surface area contributed by atoms with Gasteiger partial charge >= 0.3 is 6.18 Å². The van der Waals surface area contributed by atoms with E-state index in [0.29, 0.717) is 17.9 Å². The summed E-state index contributed by atoms with van der Waals surface area (Å²) in [7, 11) is -3.84. The van der Waals surface area contributed by atoms with Gasteiger partial charge in [-0.1, -0.05) is 17.7 Å². The first-order chi connectivity index (χ1) is 13.1. The van der Waals surface area contributed by atoms with Crippen LogP contribution in [0.1, 0.15) is 30.1 Å². The molecule has 2 aliphatic rings. The van der Waals surface area contributed by atoms with Crippen LogP contribution in [0.25, 0.3) is 0 Å². The zero-order valence-electron chi connectivity index (χ0n) is 14.5. The van der Waals surface area contributed by atoms with E-state index < -0.39 is 28.3 Å². The normalized spacial score (nSPS) is 25.8. The van der Waals surface area contributed by atoms with E-state index in [1.807, 2.05) is 0 Å². The lowest BCUT2D eigenvalue weighted by atomic mass is 9.79. The highest BCUT2D eigenvalue weighted by molar-refractivity contribution is 7.89. The van der Waals surface area contributed by atoms with Gasteiger partial charge in [0.05, 0.1) is 17.1 Å². The van der Waals surface area contributed by atoms with Crippen molar-refractivity contribution in [1.82, 2.24) is 14.5 Å². The van der Waals surface area contributed by atoms with E-state index in [9.17, 15) is 21.6 Å². The van der Waals surface area contributed by atoms with Crippen LogP contribution in [0.3, 0.4) is 0 Å². The number of sulfonamides is 1. The maximum Gasteiger partial charge on any atom is 0.409 e. The average molecular weight is 432 g/mol. The summed E-state index contributed by atoms with van der Waals surface area (Å²) in [6.45, 7) is 0. The Morgan fingerprint density at radius 3 is 2.61 bits per heavy atom. The Labute approximate surface area is 165 Å². The Bertz CT molecular complexity index is 1000. The molecule has 1 N–H and O–H groups in total. The zero-order valence-corrected chi connectivity index (χ0v) is 16.1. The minimum absolute atomic E-state index is 0.114. The number of hydrogen-bond acceptors (Lipinski definition) is 3. The van der Waals surface area contributed by atoms with Crippen molar-refractivity contribution in [2.24, 2.45) is 5.92 Å². The first-order valence-corrected chi connectivity index (χ1v) is 10.5. The Balaban J connectivity index is 1.71. The Morgan fingerprint density at radius 1 is 1.21 bits per heavy atom. The molecule has 10 heteroatoms. The quantitative estimate of drug-likeness (QED) is 0.739. The maximum absolute atomic E-state index is 13.3. The molecule has 3 heterocycles. The van der Waals surface area contributed by atoms with Gasteiger partial charge in [-0.3, -0.25) is 5.10 Å². The van der Waals surface area contributed by atoms with Crippen molar-refractivity contribution in [3.8, 4) is 0 Å². The molecule has 0 radical (unpaired) electrons. The van der Waals surface area contributed by atoms with Crippen molar-refractivity contribution in [2.75, 3.05) is 0 Å². The molecule has 150 valence electrons. The molecule has 3 atom stereocenters. The molecular formula is C18H17ClF3N3O2S. The number of H-pyrrole nitrogens is 1. The van der Waals surface area contributed by atoms with Gasteiger partial charge in [-0.05, 0) is 43.0 Å². The number of benzene rings is 1. The van der Waals surface area contributed by atoms with E-state index in [0.717, 1.165) is 17.3 Å². The molecule has 28 heavy (non-hydrogen) atoms. The highest BCUT2D eigenvalue weighted by Gasteiger charge is 2.47.